The Morgan fingerprint density at radius 2 is 2.00 bits per heavy atom. The molecule has 2 heterocycles. The fourth-order valence-electron chi connectivity index (χ4n) is 3.00. The Kier molecular flexibility index (Phi) is 4.62. The molecule has 0 amide bonds. The van der Waals surface area contributed by atoms with E-state index in [1.54, 1.807) is 18.2 Å². The second-order valence-corrected chi connectivity index (χ2v) is 6.02. The number of nitriles is 1. The summed E-state index contributed by atoms with van der Waals surface area (Å²) in [4.78, 5) is 12.9. The third-order valence-corrected chi connectivity index (χ3v) is 4.31. The normalized spacial score (nSPS) is 11.5. The van der Waals surface area contributed by atoms with Crippen LogP contribution in [0.3, 0.4) is 0 Å². The smallest absolute Gasteiger partial charge is 0.416 e. The minimum absolute atomic E-state index is 0.0176. The molecule has 0 unspecified atom stereocenters. The van der Waals surface area contributed by atoms with E-state index in [4.69, 9.17) is 5.26 Å². The summed E-state index contributed by atoms with van der Waals surface area (Å²) in [7, 11) is 0. The lowest BCUT2D eigenvalue weighted by atomic mass is 10.0. The van der Waals surface area contributed by atoms with Crippen LogP contribution in [0, 0.1) is 18.3 Å². The maximum atomic E-state index is 13.3. The van der Waals surface area contributed by atoms with Gasteiger partial charge >= 0.3 is 11.7 Å². The van der Waals surface area contributed by atoms with Gasteiger partial charge in [0.1, 0.15) is 6.54 Å². The van der Waals surface area contributed by atoms with Gasteiger partial charge in [-0.05, 0) is 30.2 Å². The van der Waals surface area contributed by atoms with Crippen LogP contribution in [0.1, 0.15) is 17.5 Å². The van der Waals surface area contributed by atoms with Gasteiger partial charge in [0.05, 0.1) is 24.3 Å². The number of rotatable bonds is 3. The molecule has 0 spiro atoms. The van der Waals surface area contributed by atoms with E-state index in [2.05, 4.69) is 0 Å². The summed E-state index contributed by atoms with van der Waals surface area (Å²) >= 11 is 0. The van der Waals surface area contributed by atoms with E-state index in [-0.39, 0.29) is 29.7 Å². The molecule has 0 bridgehead atoms. The molecule has 3 aromatic rings. The molecule has 3 rings (SSSR count). The summed E-state index contributed by atoms with van der Waals surface area (Å²) < 4.78 is 42.3. The molecule has 0 aliphatic carbocycles. The predicted molar refractivity (Wildman–Crippen MR) is 90.9 cm³/mol. The van der Waals surface area contributed by atoms with Crippen molar-refractivity contribution in [2.75, 3.05) is 0 Å². The van der Waals surface area contributed by atoms with E-state index in [0.717, 1.165) is 6.07 Å². The standard InChI is InChI=1S/C19H14F3N3O2/c1-12-6-7-13(11-14(12)19(20,21)22)16-17(26)24-9-3-2-5-15(24)25(18(16)27)10-4-8-23/h2-3,5-7,9,11H,4,10H2,1H3/p+1. The molecule has 2 aromatic heterocycles. The zero-order chi connectivity index (χ0) is 19.8. The number of hydrogen-bond acceptors (Lipinski definition) is 3. The topological polar surface area (TPSA) is 69.4 Å². The second kappa shape index (κ2) is 6.76. The monoisotopic (exact) mass is 374 g/mol. The van der Waals surface area contributed by atoms with Crippen LogP contribution in [-0.2, 0) is 12.7 Å². The van der Waals surface area contributed by atoms with Gasteiger partial charge in [0, 0.05) is 6.07 Å². The SMILES string of the molecule is Cc1ccc(-c2c(O)[n+](CCC#N)c3ccccn3c2=O)cc1C(F)(F)F. The van der Waals surface area contributed by atoms with Crippen molar-refractivity contribution in [3.8, 4) is 23.1 Å². The fraction of sp³-hybridized carbons (Fsp3) is 0.211. The Morgan fingerprint density at radius 1 is 1.26 bits per heavy atom. The summed E-state index contributed by atoms with van der Waals surface area (Å²) in [5.74, 6) is -0.474. The number of fused-ring (bicyclic) bond motifs is 1. The summed E-state index contributed by atoms with van der Waals surface area (Å²) in [6.07, 6.45) is -3.07. The van der Waals surface area contributed by atoms with Gasteiger partial charge in [0.25, 0.3) is 11.5 Å². The maximum Gasteiger partial charge on any atom is 0.416 e. The number of aromatic hydroxyl groups is 1. The number of hydrogen-bond donors (Lipinski definition) is 1. The largest absolute Gasteiger partial charge is 0.477 e. The van der Waals surface area contributed by atoms with Gasteiger partial charge in [-0.2, -0.15) is 27.4 Å². The molecule has 0 fully saturated rings. The number of halogens is 3. The lowest BCUT2D eigenvalue weighted by Gasteiger charge is -2.13. The molecule has 0 saturated carbocycles. The van der Waals surface area contributed by atoms with Crippen LogP contribution < -0.4 is 10.1 Å². The highest BCUT2D eigenvalue weighted by atomic mass is 19.4. The van der Waals surface area contributed by atoms with Gasteiger partial charge in [0.2, 0.25) is 0 Å². The summed E-state index contributed by atoms with van der Waals surface area (Å²) in [5, 5.41) is 19.5. The molecule has 1 N–H and O–H groups in total. The van der Waals surface area contributed by atoms with Crippen LogP contribution in [-0.4, -0.2) is 9.51 Å². The van der Waals surface area contributed by atoms with Gasteiger partial charge in [-0.1, -0.05) is 18.2 Å². The van der Waals surface area contributed by atoms with Crippen LogP contribution in [0.25, 0.3) is 16.8 Å². The Morgan fingerprint density at radius 3 is 2.67 bits per heavy atom. The van der Waals surface area contributed by atoms with Gasteiger partial charge < -0.3 is 5.11 Å². The number of benzene rings is 1. The summed E-state index contributed by atoms with van der Waals surface area (Å²) in [5.41, 5.74) is -1.46. The molecule has 0 atom stereocenters. The molecule has 0 radical (unpaired) electrons. The molecule has 5 nitrogen and oxygen atoms in total. The maximum absolute atomic E-state index is 13.3. The average molecular weight is 374 g/mol. The third kappa shape index (κ3) is 3.24. The average Bonchev–Trinajstić information content (AvgIpc) is 2.62. The highest BCUT2D eigenvalue weighted by Crippen LogP contribution is 2.35. The van der Waals surface area contributed by atoms with Crippen LogP contribution >= 0.6 is 0 Å². The second-order valence-electron chi connectivity index (χ2n) is 6.02. The minimum Gasteiger partial charge on any atom is -0.477 e. The Hall–Kier alpha value is -3.34. The number of nitrogens with zero attached hydrogens (tertiary/aromatic N) is 3. The van der Waals surface area contributed by atoms with E-state index in [9.17, 15) is 23.1 Å². The number of alkyl halides is 3. The first-order valence-electron chi connectivity index (χ1n) is 8.07. The molecule has 1 aromatic carbocycles. The van der Waals surface area contributed by atoms with Crippen molar-refractivity contribution in [2.45, 2.75) is 26.1 Å². The highest BCUT2D eigenvalue weighted by molar-refractivity contribution is 5.68. The Balaban J connectivity index is 2.36. The molecule has 8 heteroatoms. The van der Waals surface area contributed by atoms with E-state index >= 15 is 0 Å². The van der Waals surface area contributed by atoms with Crippen LogP contribution in [0.5, 0.6) is 5.88 Å². The number of aromatic nitrogens is 2. The van der Waals surface area contributed by atoms with E-state index in [0.29, 0.717) is 5.65 Å². The molecular weight excluding hydrogens is 359 g/mol. The molecular formula is C19H15F3N3O2+. The Labute approximate surface area is 152 Å². The molecule has 138 valence electrons. The van der Waals surface area contributed by atoms with Gasteiger partial charge in [-0.3, -0.25) is 0 Å². The van der Waals surface area contributed by atoms with Crippen molar-refractivity contribution in [1.29, 1.82) is 5.26 Å². The fourth-order valence-corrected chi connectivity index (χ4v) is 3.00. The summed E-state index contributed by atoms with van der Waals surface area (Å²) in [6, 6.07) is 10.3. The van der Waals surface area contributed by atoms with E-state index in [1.807, 2.05) is 6.07 Å². The van der Waals surface area contributed by atoms with Crippen molar-refractivity contribution in [2.24, 2.45) is 0 Å². The van der Waals surface area contributed by atoms with Crippen molar-refractivity contribution >= 4 is 5.65 Å². The van der Waals surface area contributed by atoms with Crippen LogP contribution in [0.2, 0.25) is 0 Å². The van der Waals surface area contributed by atoms with Gasteiger partial charge in [-0.25, -0.2) is 4.79 Å². The van der Waals surface area contributed by atoms with Crippen molar-refractivity contribution in [1.82, 2.24) is 4.40 Å². The van der Waals surface area contributed by atoms with Crippen LogP contribution in [0.4, 0.5) is 13.2 Å². The Bertz CT molecular complexity index is 1130. The third-order valence-electron chi connectivity index (χ3n) is 4.31. The summed E-state index contributed by atoms with van der Waals surface area (Å²) in [6.45, 7) is 1.41. The number of aryl methyl sites for hydroxylation is 2. The van der Waals surface area contributed by atoms with Gasteiger partial charge in [0.15, 0.2) is 5.56 Å². The molecule has 0 aliphatic heterocycles. The lowest BCUT2D eigenvalue weighted by Crippen LogP contribution is -2.40. The van der Waals surface area contributed by atoms with Crippen molar-refractivity contribution in [3.63, 3.8) is 0 Å². The lowest BCUT2D eigenvalue weighted by molar-refractivity contribution is -0.679. The molecule has 27 heavy (non-hydrogen) atoms. The molecule has 0 aliphatic rings. The highest BCUT2D eigenvalue weighted by Gasteiger charge is 2.34. The first-order valence-corrected chi connectivity index (χ1v) is 8.07. The van der Waals surface area contributed by atoms with Crippen molar-refractivity contribution < 1.29 is 22.8 Å². The van der Waals surface area contributed by atoms with E-state index in [1.165, 1.54) is 34.2 Å². The van der Waals surface area contributed by atoms with E-state index < -0.39 is 23.2 Å². The first-order chi connectivity index (χ1) is 12.8. The zero-order valence-corrected chi connectivity index (χ0v) is 14.3. The van der Waals surface area contributed by atoms with Gasteiger partial charge in [-0.15, -0.1) is 0 Å². The quantitative estimate of drug-likeness (QED) is 0.716. The zero-order valence-electron chi connectivity index (χ0n) is 14.3. The molecule has 0 saturated heterocycles. The number of pyridine rings is 1. The first kappa shape index (κ1) is 18.5. The minimum atomic E-state index is -4.58. The van der Waals surface area contributed by atoms with Crippen molar-refractivity contribution in [3.05, 3.63) is 64.1 Å². The van der Waals surface area contributed by atoms with Crippen LogP contribution in [0.15, 0.2) is 47.4 Å². The predicted octanol–water partition coefficient (Wildman–Crippen LogP) is 3.20.